The summed E-state index contributed by atoms with van der Waals surface area (Å²) in [6.07, 6.45) is 4.21. The van der Waals surface area contributed by atoms with Crippen LogP contribution in [0, 0.1) is 5.92 Å². The van der Waals surface area contributed by atoms with E-state index < -0.39 is 12.0 Å². The lowest BCUT2D eigenvalue weighted by Crippen LogP contribution is -2.56. The van der Waals surface area contributed by atoms with Crippen LogP contribution in [-0.2, 0) is 22.5 Å². The van der Waals surface area contributed by atoms with Gasteiger partial charge in [0, 0.05) is 45.4 Å². The van der Waals surface area contributed by atoms with Crippen LogP contribution in [0.1, 0.15) is 57.6 Å². The molecule has 1 fully saturated rings. The molecular formula is C30H41N3O4. The van der Waals surface area contributed by atoms with Gasteiger partial charge in [0.25, 0.3) is 0 Å². The Labute approximate surface area is 221 Å². The number of fused-ring (bicyclic) bond motifs is 1. The molecule has 7 nitrogen and oxygen atoms in total. The summed E-state index contributed by atoms with van der Waals surface area (Å²) in [7, 11) is 1.36. The number of nitrogens with one attached hydrogen (secondary N) is 1. The lowest BCUT2D eigenvalue weighted by atomic mass is 9.87. The third-order valence-electron chi connectivity index (χ3n) is 8.08. The molecule has 0 aromatic heterocycles. The van der Waals surface area contributed by atoms with Crippen molar-refractivity contribution in [1.29, 1.82) is 0 Å². The minimum Gasteiger partial charge on any atom is -0.485 e. The van der Waals surface area contributed by atoms with Crippen molar-refractivity contribution < 1.29 is 19.1 Å². The first-order valence-electron chi connectivity index (χ1n) is 13.6. The van der Waals surface area contributed by atoms with Gasteiger partial charge in [-0.3, -0.25) is 0 Å². The van der Waals surface area contributed by atoms with Crippen LogP contribution in [0.2, 0.25) is 0 Å². The summed E-state index contributed by atoms with van der Waals surface area (Å²) in [6, 6.07) is 16.3. The molecule has 0 bridgehead atoms. The molecule has 200 valence electrons. The molecule has 7 heteroatoms. The largest absolute Gasteiger partial charge is 0.485 e. The summed E-state index contributed by atoms with van der Waals surface area (Å²) in [5.74, 6) is 0.508. The molecule has 0 unspecified atom stereocenters. The van der Waals surface area contributed by atoms with E-state index in [1.807, 2.05) is 19.9 Å². The average molecular weight is 508 g/mol. The average Bonchev–Trinajstić information content (AvgIpc) is 3.08. The molecule has 2 aromatic carbocycles. The van der Waals surface area contributed by atoms with E-state index in [9.17, 15) is 9.59 Å². The molecule has 4 rings (SSSR count). The first-order chi connectivity index (χ1) is 17.9. The van der Waals surface area contributed by atoms with Gasteiger partial charge < -0.3 is 24.6 Å². The van der Waals surface area contributed by atoms with Gasteiger partial charge in [-0.2, -0.15) is 0 Å². The monoisotopic (exact) mass is 507 g/mol. The second kappa shape index (κ2) is 11.9. The second-order valence-electron chi connectivity index (χ2n) is 10.4. The quantitative estimate of drug-likeness (QED) is 0.524. The number of ether oxygens (including phenoxy) is 2. The molecule has 2 aliphatic heterocycles. The number of carbonyl (C=O) groups excluding carboxylic acids is 2. The molecule has 0 aliphatic carbocycles. The zero-order valence-electron chi connectivity index (χ0n) is 22.7. The zero-order valence-corrected chi connectivity index (χ0v) is 22.7. The van der Waals surface area contributed by atoms with Gasteiger partial charge in [0.15, 0.2) is 0 Å². The van der Waals surface area contributed by atoms with Crippen LogP contribution in [0.25, 0.3) is 0 Å². The highest BCUT2D eigenvalue weighted by Gasteiger charge is 2.41. The van der Waals surface area contributed by atoms with Crippen molar-refractivity contribution in [3.8, 4) is 5.75 Å². The number of para-hydroxylation sites is 2. The number of hydrogen-bond donors (Lipinski definition) is 1. The Morgan fingerprint density at radius 2 is 1.65 bits per heavy atom. The third kappa shape index (κ3) is 6.20. The van der Waals surface area contributed by atoms with E-state index in [1.165, 1.54) is 18.2 Å². The van der Waals surface area contributed by atoms with Crippen LogP contribution in [0.3, 0.4) is 0 Å². The van der Waals surface area contributed by atoms with Crippen LogP contribution in [-0.4, -0.2) is 55.3 Å². The number of amides is 2. The van der Waals surface area contributed by atoms with Crippen LogP contribution in [0.5, 0.6) is 5.75 Å². The maximum absolute atomic E-state index is 13.0. The number of piperidine rings is 1. The van der Waals surface area contributed by atoms with Crippen molar-refractivity contribution in [2.24, 2.45) is 5.92 Å². The minimum atomic E-state index is -0.639. The molecule has 2 aliphatic rings. The maximum atomic E-state index is 13.0. The van der Waals surface area contributed by atoms with E-state index in [0.29, 0.717) is 13.1 Å². The summed E-state index contributed by atoms with van der Waals surface area (Å²) in [5.41, 5.74) is 3.44. The predicted octanol–water partition coefficient (Wildman–Crippen LogP) is 5.17. The van der Waals surface area contributed by atoms with Gasteiger partial charge in [-0.05, 0) is 35.6 Å². The predicted molar refractivity (Wildman–Crippen MR) is 146 cm³/mol. The maximum Gasteiger partial charge on any atom is 0.328 e. The normalized spacial score (nSPS) is 18.3. The molecule has 1 saturated heterocycles. The van der Waals surface area contributed by atoms with Gasteiger partial charge in [-0.15, -0.1) is 0 Å². The molecular weight excluding hydrogens is 466 g/mol. The van der Waals surface area contributed by atoms with Crippen molar-refractivity contribution in [2.45, 2.75) is 71.1 Å². The molecule has 37 heavy (non-hydrogen) atoms. The number of esters is 1. The third-order valence-corrected chi connectivity index (χ3v) is 8.08. The molecule has 1 spiro atoms. The summed E-state index contributed by atoms with van der Waals surface area (Å²) >= 11 is 0. The smallest absolute Gasteiger partial charge is 0.328 e. The Morgan fingerprint density at radius 3 is 2.30 bits per heavy atom. The molecule has 0 saturated carbocycles. The summed E-state index contributed by atoms with van der Waals surface area (Å²) in [6.45, 7) is 9.02. The van der Waals surface area contributed by atoms with Crippen molar-refractivity contribution in [3.63, 3.8) is 0 Å². The van der Waals surface area contributed by atoms with Crippen LogP contribution in [0.15, 0.2) is 48.5 Å². The lowest BCUT2D eigenvalue weighted by Gasteiger charge is -2.41. The van der Waals surface area contributed by atoms with Gasteiger partial charge in [-0.25, -0.2) is 9.59 Å². The SMILES string of the molecule is CCc1ccc(CN2CCC3(CCN(C(=O)N[C@H](C(=O)OC)[C@@H](C)CC)CC3)Oc3ccccc32)cc1. The van der Waals surface area contributed by atoms with E-state index in [4.69, 9.17) is 9.47 Å². The number of nitrogens with zero attached hydrogens (tertiary/aromatic N) is 2. The topological polar surface area (TPSA) is 71.1 Å². The summed E-state index contributed by atoms with van der Waals surface area (Å²) < 4.78 is 11.7. The van der Waals surface area contributed by atoms with E-state index >= 15 is 0 Å². The first-order valence-corrected chi connectivity index (χ1v) is 13.6. The fourth-order valence-electron chi connectivity index (χ4n) is 5.30. The van der Waals surface area contributed by atoms with Crippen molar-refractivity contribution in [3.05, 3.63) is 59.7 Å². The number of likely N-dealkylation sites (tertiary alicyclic amines) is 1. The second-order valence-corrected chi connectivity index (χ2v) is 10.4. The Bertz CT molecular complexity index is 1060. The summed E-state index contributed by atoms with van der Waals surface area (Å²) in [4.78, 5) is 29.5. The number of carbonyl (C=O) groups is 2. The van der Waals surface area contributed by atoms with Gasteiger partial charge >= 0.3 is 12.0 Å². The van der Waals surface area contributed by atoms with E-state index in [0.717, 1.165) is 56.6 Å². The highest BCUT2D eigenvalue weighted by atomic mass is 16.5. The molecule has 0 radical (unpaired) electrons. The number of methoxy groups -OCH3 is 1. The molecule has 2 heterocycles. The Hall–Kier alpha value is -3.22. The number of urea groups is 1. The van der Waals surface area contributed by atoms with Gasteiger partial charge in [-0.1, -0.05) is 63.6 Å². The molecule has 2 amide bonds. The van der Waals surface area contributed by atoms with Crippen molar-refractivity contribution in [1.82, 2.24) is 10.2 Å². The van der Waals surface area contributed by atoms with Gasteiger partial charge in [0.2, 0.25) is 0 Å². The number of hydrogen-bond acceptors (Lipinski definition) is 5. The van der Waals surface area contributed by atoms with Crippen LogP contribution < -0.4 is 15.0 Å². The molecule has 2 atom stereocenters. The fourth-order valence-corrected chi connectivity index (χ4v) is 5.30. The Kier molecular flexibility index (Phi) is 8.62. The van der Waals surface area contributed by atoms with E-state index in [2.05, 4.69) is 59.6 Å². The summed E-state index contributed by atoms with van der Waals surface area (Å²) in [5, 5.41) is 2.91. The van der Waals surface area contributed by atoms with Gasteiger partial charge in [0.05, 0.1) is 12.8 Å². The number of anilines is 1. The number of rotatable bonds is 7. The van der Waals surface area contributed by atoms with Crippen LogP contribution >= 0.6 is 0 Å². The molecule has 2 aromatic rings. The number of benzene rings is 2. The Balaban J connectivity index is 1.43. The fraction of sp³-hybridized carbons (Fsp3) is 0.533. The highest BCUT2D eigenvalue weighted by molar-refractivity contribution is 5.83. The number of aryl methyl sites for hydroxylation is 1. The van der Waals surface area contributed by atoms with Crippen molar-refractivity contribution in [2.75, 3.05) is 31.6 Å². The Morgan fingerprint density at radius 1 is 1.00 bits per heavy atom. The van der Waals surface area contributed by atoms with Crippen molar-refractivity contribution >= 4 is 17.7 Å². The van der Waals surface area contributed by atoms with E-state index in [1.54, 1.807) is 4.90 Å². The van der Waals surface area contributed by atoms with E-state index in [-0.39, 0.29) is 17.6 Å². The first kappa shape index (κ1) is 26.8. The minimum absolute atomic E-state index is 0.00150. The van der Waals surface area contributed by atoms with Crippen LogP contribution in [0.4, 0.5) is 10.5 Å². The highest BCUT2D eigenvalue weighted by Crippen LogP contribution is 2.41. The lowest BCUT2D eigenvalue weighted by molar-refractivity contribution is -0.144. The zero-order chi connectivity index (χ0) is 26.4. The molecule has 1 N–H and O–H groups in total. The van der Waals surface area contributed by atoms with Gasteiger partial charge in [0.1, 0.15) is 17.4 Å². The standard InChI is InChI=1S/C30H41N3O4/c1-5-22(3)27(28(34)36-4)31-29(35)32-18-15-30(16-19-32)17-20-33(25-9-7-8-10-26(25)37-30)21-24-13-11-23(6-2)12-14-24/h7-14,22,27H,5-6,15-21H2,1-4H3,(H,31,35)/t22-,27-/m0/s1.